The first kappa shape index (κ1) is 25.5. The highest BCUT2D eigenvalue weighted by atomic mass is 35.5. The number of benzene rings is 1. The zero-order chi connectivity index (χ0) is 26.2. The summed E-state index contributed by atoms with van der Waals surface area (Å²) in [6.07, 6.45) is 3.35. The van der Waals surface area contributed by atoms with E-state index in [4.69, 9.17) is 49.6 Å². The quantitative estimate of drug-likeness (QED) is 0.231. The number of nitrogens with one attached hydrogen (secondary N) is 1. The maximum Gasteiger partial charge on any atom is 0.177 e. The molecule has 1 fully saturated rings. The lowest BCUT2D eigenvalue weighted by Crippen LogP contribution is -2.53. The van der Waals surface area contributed by atoms with E-state index in [9.17, 15) is 5.26 Å². The number of hydrogen-bond donors (Lipinski definition) is 3. The fourth-order valence-electron chi connectivity index (χ4n) is 4.15. The lowest BCUT2D eigenvalue weighted by molar-refractivity contribution is 0.204. The number of nitrogens with two attached hydrogens (primary N) is 2. The van der Waals surface area contributed by atoms with Crippen LogP contribution in [0.5, 0.6) is 11.5 Å². The van der Waals surface area contributed by atoms with Crippen molar-refractivity contribution in [3.8, 4) is 17.6 Å². The molecule has 2 aromatic heterocycles. The molecule has 1 saturated heterocycles. The maximum absolute atomic E-state index is 9.72. The van der Waals surface area contributed by atoms with Crippen molar-refractivity contribution in [3.63, 3.8) is 0 Å². The Bertz CT molecular complexity index is 1360. The summed E-state index contributed by atoms with van der Waals surface area (Å²) in [6, 6.07) is 6.93. The average molecular weight is 526 g/mol. The van der Waals surface area contributed by atoms with Gasteiger partial charge in [0.15, 0.2) is 17.7 Å². The molecule has 0 spiro atoms. The topological polar surface area (TPSA) is 147 Å². The van der Waals surface area contributed by atoms with Crippen LogP contribution >= 0.6 is 23.2 Å². The third kappa shape index (κ3) is 4.88. The number of nitriles is 1. The minimum Gasteiger partial charge on any atom is -0.493 e. The van der Waals surface area contributed by atoms with Crippen molar-refractivity contribution in [2.75, 3.05) is 30.8 Å². The van der Waals surface area contributed by atoms with Gasteiger partial charge in [0.25, 0.3) is 0 Å². The first-order valence-electron chi connectivity index (χ1n) is 11.0. The molecule has 0 bridgehead atoms. The molecule has 36 heavy (non-hydrogen) atoms. The summed E-state index contributed by atoms with van der Waals surface area (Å²) in [4.78, 5) is 10.5. The first-order chi connectivity index (χ1) is 17.0. The number of anilines is 2. The Hall–Kier alpha value is -3.58. The van der Waals surface area contributed by atoms with Crippen molar-refractivity contribution in [2.45, 2.75) is 20.1 Å². The summed E-state index contributed by atoms with van der Waals surface area (Å²) < 4.78 is 11.3. The number of ether oxygens (including phenoxy) is 2. The zero-order valence-corrected chi connectivity index (χ0v) is 21.5. The highest BCUT2D eigenvalue weighted by Gasteiger charge is 2.36. The molecule has 3 aromatic rings. The van der Waals surface area contributed by atoms with Gasteiger partial charge < -0.3 is 20.1 Å². The number of pyridine rings is 2. The molecule has 1 aliphatic heterocycles. The van der Waals surface area contributed by atoms with Crippen LogP contribution in [0.4, 0.5) is 11.5 Å². The molecule has 3 heterocycles. The van der Waals surface area contributed by atoms with Crippen LogP contribution < -0.4 is 25.8 Å². The minimum atomic E-state index is -1.04. The van der Waals surface area contributed by atoms with Crippen molar-refractivity contribution in [3.05, 3.63) is 69.1 Å². The Kier molecular flexibility index (Phi) is 6.96. The van der Waals surface area contributed by atoms with Crippen molar-refractivity contribution in [1.29, 1.82) is 10.7 Å². The van der Waals surface area contributed by atoms with Gasteiger partial charge in [-0.3, -0.25) is 16.1 Å². The Morgan fingerprint density at radius 3 is 2.42 bits per heavy atom. The number of methoxy groups -OCH3 is 1. The van der Waals surface area contributed by atoms with E-state index in [2.05, 4.69) is 34.8 Å². The van der Waals surface area contributed by atoms with E-state index < -0.39 is 6.23 Å². The molecule has 5 N–H and O–H groups in total. The van der Waals surface area contributed by atoms with Crippen LogP contribution in [0.2, 0.25) is 10.0 Å². The molecule has 0 aliphatic carbocycles. The third-order valence-corrected chi connectivity index (χ3v) is 6.45. The lowest BCUT2D eigenvalue weighted by Gasteiger charge is -2.46. The van der Waals surface area contributed by atoms with E-state index >= 15 is 0 Å². The van der Waals surface area contributed by atoms with E-state index in [1.54, 1.807) is 18.3 Å². The van der Waals surface area contributed by atoms with Crippen LogP contribution in [0.1, 0.15) is 42.3 Å². The third-order valence-electron chi connectivity index (χ3n) is 5.85. The standard InChI is InChI=1S/C25H25Cl2N7O2/c1-25(2)11-34(12-25)24-13(7-28)4-14(8-33-24)22(30)15-5-20(19(35-3)6-18(15)29)36-23(31)21-16(26)9-32-10-17(21)27/h4-6,8-10,23,30H,11-12,29,31H2,1-3H3/t23-/m0/s1. The summed E-state index contributed by atoms with van der Waals surface area (Å²) >= 11 is 12.4. The molecule has 11 heteroatoms. The Balaban J connectivity index is 1.66. The molecular weight excluding hydrogens is 501 g/mol. The lowest BCUT2D eigenvalue weighted by atomic mass is 9.84. The van der Waals surface area contributed by atoms with Gasteiger partial charge in [-0.05, 0) is 17.5 Å². The Morgan fingerprint density at radius 1 is 1.17 bits per heavy atom. The molecule has 9 nitrogen and oxygen atoms in total. The van der Waals surface area contributed by atoms with Gasteiger partial charge in [-0.1, -0.05) is 37.0 Å². The first-order valence-corrected chi connectivity index (χ1v) is 11.7. The molecule has 1 aromatic carbocycles. The second-order valence-electron chi connectivity index (χ2n) is 9.25. The maximum atomic E-state index is 9.72. The average Bonchev–Trinajstić information content (AvgIpc) is 2.82. The number of nitrogens with zero attached hydrogens (tertiary/aromatic N) is 4. The van der Waals surface area contributed by atoms with Crippen LogP contribution in [0.3, 0.4) is 0 Å². The van der Waals surface area contributed by atoms with E-state index in [0.717, 1.165) is 13.1 Å². The summed E-state index contributed by atoms with van der Waals surface area (Å²) in [5.74, 6) is 1.15. The molecule has 0 saturated carbocycles. The van der Waals surface area contributed by atoms with Crippen LogP contribution in [0.15, 0.2) is 36.8 Å². The fourth-order valence-corrected chi connectivity index (χ4v) is 4.73. The Morgan fingerprint density at radius 2 is 1.83 bits per heavy atom. The predicted molar refractivity (Wildman–Crippen MR) is 140 cm³/mol. The number of aromatic nitrogens is 2. The van der Waals surface area contributed by atoms with Crippen LogP contribution in [0, 0.1) is 22.2 Å². The summed E-state index contributed by atoms with van der Waals surface area (Å²) in [6.45, 7) is 5.94. The largest absolute Gasteiger partial charge is 0.493 e. The van der Waals surface area contributed by atoms with E-state index in [1.165, 1.54) is 25.6 Å². The van der Waals surface area contributed by atoms with Gasteiger partial charge in [0.2, 0.25) is 0 Å². The highest BCUT2D eigenvalue weighted by Crippen LogP contribution is 2.38. The van der Waals surface area contributed by atoms with E-state index in [0.29, 0.717) is 33.8 Å². The molecule has 1 atom stereocenters. The second kappa shape index (κ2) is 9.82. The normalized spacial score (nSPS) is 15.0. The number of rotatable bonds is 7. The number of hydrogen-bond acceptors (Lipinski definition) is 9. The summed E-state index contributed by atoms with van der Waals surface area (Å²) in [7, 11) is 1.46. The van der Waals surface area contributed by atoms with Gasteiger partial charge in [0.1, 0.15) is 11.9 Å². The summed E-state index contributed by atoms with van der Waals surface area (Å²) in [5, 5.41) is 19.0. The Labute approximate surface area is 219 Å². The SMILES string of the molecule is COc1cc(N)c(C(=N)c2cnc(N3CC(C)(C)C3)c(C#N)c2)cc1O[C@H](N)c1c(Cl)cncc1Cl. The van der Waals surface area contributed by atoms with Gasteiger partial charge in [-0.25, -0.2) is 4.98 Å². The molecule has 0 unspecified atom stereocenters. The van der Waals surface area contributed by atoms with E-state index in [-0.39, 0.29) is 32.6 Å². The molecule has 186 valence electrons. The van der Waals surface area contributed by atoms with Gasteiger partial charge in [0, 0.05) is 60.1 Å². The highest BCUT2D eigenvalue weighted by molar-refractivity contribution is 6.35. The number of nitrogen functional groups attached to an aromatic ring is 1. The van der Waals surface area contributed by atoms with Crippen LogP contribution in [-0.4, -0.2) is 35.9 Å². The molecule has 0 amide bonds. The van der Waals surface area contributed by atoms with Crippen LogP contribution in [0.25, 0.3) is 0 Å². The van der Waals surface area contributed by atoms with Gasteiger partial charge in [-0.15, -0.1) is 0 Å². The second-order valence-corrected chi connectivity index (χ2v) is 10.1. The monoisotopic (exact) mass is 525 g/mol. The predicted octanol–water partition coefficient (Wildman–Crippen LogP) is 4.54. The van der Waals surface area contributed by atoms with Gasteiger partial charge in [0.05, 0.1) is 28.4 Å². The van der Waals surface area contributed by atoms with Crippen LogP contribution in [-0.2, 0) is 0 Å². The molecule has 4 rings (SSSR count). The van der Waals surface area contributed by atoms with Crippen molar-refractivity contribution >= 4 is 40.4 Å². The fraction of sp³-hybridized carbons (Fsp3) is 0.280. The minimum absolute atomic E-state index is 0.0630. The number of halogens is 2. The van der Waals surface area contributed by atoms with Crippen molar-refractivity contribution < 1.29 is 9.47 Å². The zero-order valence-electron chi connectivity index (χ0n) is 20.0. The molecule has 1 aliphatic rings. The van der Waals surface area contributed by atoms with Gasteiger partial charge >= 0.3 is 0 Å². The van der Waals surface area contributed by atoms with E-state index in [1.807, 2.05) is 0 Å². The van der Waals surface area contributed by atoms with Crippen molar-refractivity contribution in [1.82, 2.24) is 9.97 Å². The smallest absolute Gasteiger partial charge is 0.177 e. The molecule has 0 radical (unpaired) electrons. The molecular formula is C25H25Cl2N7O2. The summed E-state index contributed by atoms with van der Waals surface area (Å²) in [5.41, 5.74) is 14.5. The van der Waals surface area contributed by atoms with Crippen molar-refractivity contribution in [2.24, 2.45) is 11.1 Å². The van der Waals surface area contributed by atoms with Gasteiger partial charge in [-0.2, -0.15) is 5.26 Å².